The zero-order valence-corrected chi connectivity index (χ0v) is 6.19. The summed E-state index contributed by atoms with van der Waals surface area (Å²) in [6, 6.07) is 0. The highest BCUT2D eigenvalue weighted by atomic mass is 16.4. The van der Waals surface area contributed by atoms with Crippen LogP contribution in [0.5, 0.6) is 0 Å². The molecule has 1 aliphatic heterocycles. The molecule has 0 spiro atoms. The summed E-state index contributed by atoms with van der Waals surface area (Å²) < 4.78 is 0. The van der Waals surface area contributed by atoms with Crippen molar-refractivity contribution in [3.05, 3.63) is 23.9 Å². The highest BCUT2D eigenvalue weighted by Crippen LogP contribution is 2.07. The molecule has 0 radical (unpaired) electrons. The molecule has 0 aromatic heterocycles. The van der Waals surface area contributed by atoms with E-state index in [0.29, 0.717) is 0 Å². The molecule has 3 nitrogen and oxygen atoms in total. The highest BCUT2D eigenvalue weighted by Gasteiger charge is 2.06. The molecule has 1 unspecified atom stereocenters. The van der Waals surface area contributed by atoms with Gasteiger partial charge in [0.1, 0.15) is 0 Å². The first-order valence-electron chi connectivity index (χ1n) is 3.35. The molecule has 1 heterocycles. The summed E-state index contributed by atoms with van der Waals surface area (Å²) in [6.45, 7) is 1.91. The molecule has 1 rings (SSSR count). The second-order valence-electron chi connectivity index (χ2n) is 2.41. The first kappa shape index (κ1) is 7.72. The van der Waals surface area contributed by atoms with E-state index >= 15 is 0 Å². The number of carboxylic acid groups (broad SMARTS) is 1. The standard InChI is InChI=1S/C8H9NO2/c1-6-2-3-9-5-7(4-6)8(10)11/h2-6H,1H3,(H,10,11). The summed E-state index contributed by atoms with van der Waals surface area (Å²) in [6.07, 6.45) is 6.46. The number of carbonyl (C=O) groups is 1. The normalized spacial score (nSPS) is 22.6. The fourth-order valence-corrected chi connectivity index (χ4v) is 0.817. The van der Waals surface area contributed by atoms with Crippen molar-refractivity contribution < 1.29 is 9.90 Å². The zero-order valence-electron chi connectivity index (χ0n) is 6.19. The Morgan fingerprint density at radius 1 is 1.73 bits per heavy atom. The largest absolute Gasteiger partial charge is 0.478 e. The molecule has 0 aliphatic carbocycles. The third-order valence-corrected chi connectivity index (χ3v) is 1.38. The monoisotopic (exact) mass is 151 g/mol. The van der Waals surface area contributed by atoms with Crippen LogP contribution in [0.3, 0.4) is 0 Å². The van der Waals surface area contributed by atoms with Crippen LogP contribution in [0.4, 0.5) is 0 Å². The van der Waals surface area contributed by atoms with Gasteiger partial charge in [-0.25, -0.2) is 4.79 Å². The van der Waals surface area contributed by atoms with Crippen molar-refractivity contribution in [2.45, 2.75) is 6.92 Å². The average Bonchev–Trinajstić information content (AvgIpc) is 2.13. The molecule has 1 atom stereocenters. The third kappa shape index (κ3) is 2.04. The Kier molecular flexibility index (Phi) is 2.21. The Balaban J connectivity index is 2.88. The maximum Gasteiger partial charge on any atom is 0.336 e. The van der Waals surface area contributed by atoms with Crippen molar-refractivity contribution >= 4 is 12.2 Å². The second kappa shape index (κ2) is 3.14. The molecular weight excluding hydrogens is 142 g/mol. The molecule has 0 aromatic carbocycles. The summed E-state index contributed by atoms with van der Waals surface area (Å²) >= 11 is 0. The predicted octanol–water partition coefficient (Wildman–Crippen LogP) is 1.23. The minimum Gasteiger partial charge on any atom is -0.478 e. The predicted molar refractivity (Wildman–Crippen MR) is 42.5 cm³/mol. The van der Waals surface area contributed by atoms with Crippen LogP contribution in [-0.4, -0.2) is 17.3 Å². The van der Waals surface area contributed by atoms with Gasteiger partial charge in [0.05, 0.1) is 5.57 Å². The Labute approximate surface area is 64.8 Å². The number of allylic oxidation sites excluding steroid dienone is 2. The molecule has 0 fully saturated rings. The van der Waals surface area contributed by atoms with E-state index in [4.69, 9.17) is 5.11 Å². The highest BCUT2D eigenvalue weighted by molar-refractivity contribution is 6.08. The van der Waals surface area contributed by atoms with Crippen LogP contribution >= 0.6 is 0 Å². The molecule has 0 bridgehead atoms. The number of hydrogen-bond acceptors (Lipinski definition) is 2. The van der Waals surface area contributed by atoms with E-state index in [1.807, 2.05) is 13.0 Å². The van der Waals surface area contributed by atoms with Gasteiger partial charge in [-0.15, -0.1) is 0 Å². The number of aliphatic carboxylic acids is 1. The fourth-order valence-electron chi connectivity index (χ4n) is 0.817. The lowest BCUT2D eigenvalue weighted by atomic mass is 10.1. The van der Waals surface area contributed by atoms with E-state index in [0.717, 1.165) is 0 Å². The van der Waals surface area contributed by atoms with Crippen molar-refractivity contribution in [2.24, 2.45) is 10.9 Å². The van der Waals surface area contributed by atoms with Gasteiger partial charge in [-0.05, 0) is 5.92 Å². The SMILES string of the molecule is CC1C=CN=CC(C(=O)O)=C1. The van der Waals surface area contributed by atoms with Crippen LogP contribution in [0.2, 0.25) is 0 Å². The maximum absolute atomic E-state index is 10.5. The van der Waals surface area contributed by atoms with E-state index in [9.17, 15) is 4.79 Å². The van der Waals surface area contributed by atoms with Gasteiger partial charge in [0, 0.05) is 12.4 Å². The van der Waals surface area contributed by atoms with Gasteiger partial charge >= 0.3 is 5.97 Å². The summed E-state index contributed by atoms with van der Waals surface area (Å²) in [7, 11) is 0. The summed E-state index contributed by atoms with van der Waals surface area (Å²) in [5.41, 5.74) is 0.252. The first-order chi connectivity index (χ1) is 5.20. The van der Waals surface area contributed by atoms with Crippen molar-refractivity contribution in [3.8, 4) is 0 Å². The second-order valence-corrected chi connectivity index (χ2v) is 2.41. The molecule has 3 heteroatoms. The number of rotatable bonds is 1. The maximum atomic E-state index is 10.5. The number of carboxylic acids is 1. The van der Waals surface area contributed by atoms with E-state index in [1.54, 1.807) is 12.3 Å². The zero-order chi connectivity index (χ0) is 8.27. The van der Waals surface area contributed by atoms with Crippen molar-refractivity contribution in [3.63, 3.8) is 0 Å². The summed E-state index contributed by atoms with van der Waals surface area (Å²) in [5, 5.41) is 8.59. The van der Waals surface area contributed by atoms with Crippen LogP contribution in [0.15, 0.2) is 28.9 Å². The Morgan fingerprint density at radius 2 is 2.45 bits per heavy atom. The molecule has 11 heavy (non-hydrogen) atoms. The van der Waals surface area contributed by atoms with Crippen LogP contribution in [0.25, 0.3) is 0 Å². The van der Waals surface area contributed by atoms with Gasteiger partial charge in [-0.1, -0.05) is 19.1 Å². The van der Waals surface area contributed by atoms with Gasteiger partial charge in [0.15, 0.2) is 0 Å². The Hall–Kier alpha value is -1.38. The minimum absolute atomic E-state index is 0.142. The van der Waals surface area contributed by atoms with Gasteiger partial charge in [-0.2, -0.15) is 0 Å². The van der Waals surface area contributed by atoms with E-state index in [2.05, 4.69) is 4.99 Å². The first-order valence-corrected chi connectivity index (χ1v) is 3.35. The van der Waals surface area contributed by atoms with Crippen LogP contribution in [0.1, 0.15) is 6.92 Å². The Morgan fingerprint density at radius 3 is 3.09 bits per heavy atom. The molecule has 1 aliphatic rings. The smallest absolute Gasteiger partial charge is 0.336 e. The van der Waals surface area contributed by atoms with E-state index < -0.39 is 5.97 Å². The third-order valence-electron chi connectivity index (χ3n) is 1.38. The van der Waals surface area contributed by atoms with Crippen molar-refractivity contribution in [1.29, 1.82) is 0 Å². The topological polar surface area (TPSA) is 49.7 Å². The lowest BCUT2D eigenvalue weighted by Gasteiger charge is -1.95. The van der Waals surface area contributed by atoms with E-state index in [-0.39, 0.29) is 11.5 Å². The molecule has 0 saturated heterocycles. The lowest BCUT2D eigenvalue weighted by molar-refractivity contribution is -0.132. The average molecular weight is 151 g/mol. The molecule has 0 amide bonds. The van der Waals surface area contributed by atoms with Crippen LogP contribution < -0.4 is 0 Å². The van der Waals surface area contributed by atoms with Crippen molar-refractivity contribution in [2.75, 3.05) is 0 Å². The number of aliphatic imine (C=N–C) groups is 1. The summed E-state index contributed by atoms with van der Waals surface area (Å²) in [5.74, 6) is -0.784. The quantitative estimate of drug-likeness (QED) is 0.612. The van der Waals surface area contributed by atoms with Gasteiger partial charge in [0.2, 0.25) is 0 Å². The van der Waals surface area contributed by atoms with Gasteiger partial charge in [-0.3, -0.25) is 4.99 Å². The van der Waals surface area contributed by atoms with E-state index in [1.165, 1.54) is 6.21 Å². The van der Waals surface area contributed by atoms with Gasteiger partial charge in [0.25, 0.3) is 0 Å². The fraction of sp³-hybridized carbons (Fsp3) is 0.250. The number of nitrogens with zero attached hydrogens (tertiary/aromatic N) is 1. The van der Waals surface area contributed by atoms with Crippen molar-refractivity contribution in [1.82, 2.24) is 0 Å². The molecule has 58 valence electrons. The molecule has 1 N–H and O–H groups in total. The molecule has 0 aromatic rings. The van der Waals surface area contributed by atoms with Crippen LogP contribution in [-0.2, 0) is 4.79 Å². The Bertz CT molecular complexity index is 251. The molecule has 0 saturated carbocycles. The molecular formula is C8H9NO2. The minimum atomic E-state index is -0.927. The van der Waals surface area contributed by atoms with Gasteiger partial charge < -0.3 is 5.11 Å². The lowest BCUT2D eigenvalue weighted by Crippen LogP contribution is -2.02. The number of hydrogen-bond donors (Lipinski definition) is 1. The van der Waals surface area contributed by atoms with Crippen LogP contribution in [0, 0.1) is 5.92 Å². The summed E-state index contributed by atoms with van der Waals surface area (Å²) in [4.78, 5) is 14.2.